The molecule has 0 aliphatic rings. The fourth-order valence-corrected chi connectivity index (χ4v) is 2.36. The molecule has 5 nitrogen and oxygen atoms in total. The molecule has 3 aromatic rings. The maximum Gasteiger partial charge on any atom is 0.249 e. The average molecular weight is 341 g/mol. The molecular weight excluding hydrogens is 324 g/mol. The smallest absolute Gasteiger partial charge is 0.249 e. The van der Waals surface area contributed by atoms with Crippen LogP contribution >= 0.6 is 0 Å². The molecule has 1 N–H and O–H groups in total. The Kier molecular flexibility index (Phi) is 5.13. The van der Waals surface area contributed by atoms with Crippen molar-refractivity contribution in [2.75, 3.05) is 16.8 Å². The Morgan fingerprint density at radius 3 is 2.56 bits per heavy atom. The standard InChI is InChI=1S/C18H17F2N5/c1-2-25(12-13-6-4-3-5-7-13)17-11-21-24-18(23-17)22-14-8-9-15(19)16(20)10-14/h3-11H,2,12H2,1H3,(H,22,23,24). The van der Waals surface area contributed by atoms with Crippen LogP contribution < -0.4 is 10.2 Å². The average Bonchev–Trinajstić information content (AvgIpc) is 2.64. The minimum Gasteiger partial charge on any atom is -0.351 e. The van der Waals surface area contributed by atoms with E-state index in [0.717, 1.165) is 24.2 Å². The van der Waals surface area contributed by atoms with Crippen molar-refractivity contribution in [2.45, 2.75) is 13.5 Å². The van der Waals surface area contributed by atoms with E-state index >= 15 is 0 Å². The van der Waals surface area contributed by atoms with Crippen LogP contribution in [-0.2, 0) is 6.54 Å². The zero-order valence-corrected chi connectivity index (χ0v) is 13.7. The second kappa shape index (κ2) is 7.65. The summed E-state index contributed by atoms with van der Waals surface area (Å²) in [6.45, 7) is 3.44. The van der Waals surface area contributed by atoms with E-state index in [4.69, 9.17) is 0 Å². The van der Waals surface area contributed by atoms with Crippen LogP contribution in [0.3, 0.4) is 0 Å². The molecule has 0 bridgehead atoms. The van der Waals surface area contributed by atoms with Crippen molar-refractivity contribution in [3.8, 4) is 0 Å². The van der Waals surface area contributed by atoms with Gasteiger partial charge in [0, 0.05) is 24.8 Å². The maximum absolute atomic E-state index is 13.3. The third kappa shape index (κ3) is 4.26. The Morgan fingerprint density at radius 1 is 1.04 bits per heavy atom. The zero-order chi connectivity index (χ0) is 17.6. The summed E-state index contributed by atoms with van der Waals surface area (Å²) in [6, 6.07) is 13.5. The van der Waals surface area contributed by atoms with Gasteiger partial charge in [0.15, 0.2) is 17.5 Å². The Balaban J connectivity index is 1.78. The van der Waals surface area contributed by atoms with Crippen LogP contribution in [0.1, 0.15) is 12.5 Å². The third-order valence-electron chi connectivity index (χ3n) is 3.64. The summed E-state index contributed by atoms with van der Waals surface area (Å²) in [6.07, 6.45) is 1.57. The zero-order valence-electron chi connectivity index (χ0n) is 13.7. The van der Waals surface area contributed by atoms with Crippen molar-refractivity contribution >= 4 is 17.5 Å². The highest BCUT2D eigenvalue weighted by Gasteiger charge is 2.10. The molecule has 0 atom stereocenters. The van der Waals surface area contributed by atoms with Gasteiger partial charge in [-0.2, -0.15) is 10.1 Å². The van der Waals surface area contributed by atoms with E-state index < -0.39 is 11.6 Å². The lowest BCUT2D eigenvalue weighted by Crippen LogP contribution is -2.23. The molecule has 7 heteroatoms. The summed E-state index contributed by atoms with van der Waals surface area (Å²) in [7, 11) is 0. The normalized spacial score (nSPS) is 10.5. The SMILES string of the molecule is CCN(Cc1ccccc1)c1cnnc(Nc2ccc(F)c(F)c2)n1. The van der Waals surface area contributed by atoms with Crippen molar-refractivity contribution in [1.29, 1.82) is 0 Å². The van der Waals surface area contributed by atoms with Crippen molar-refractivity contribution in [3.05, 3.63) is 71.9 Å². The molecule has 0 spiro atoms. The molecule has 0 aliphatic heterocycles. The first kappa shape index (κ1) is 16.8. The van der Waals surface area contributed by atoms with Crippen LogP contribution in [0, 0.1) is 11.6 Å². The summed E-state index contributed by atoms with van der Waals surface area (Å²) >= 11 is 0. The molecule has 0 saturated carbocycles. The molecule has 0 aliphatic carbocycles. The molecule has 128 valence electrons. The summed E-state index contributed by atoms with van der Waals surface area (Å²) in [4.78, 5) is 6.45. The summed E-state index contributed by atoms with van der Waals surface area (Å²) < 4.78 is 26.3. The Hall–Kier alpha value is -3.09. The van der Waals surface area contributed by atoms with E-state index in [2.05, 4.69) is 20.5 Å². The molecular formula is C18H17F2N5. The van der Waals surface area contributed by atoms with Crippen molar-refractivity contribution in [1.82, 2.24) is 15.2 Å². The fraction of sp³-hybridized carbons (Fsp3) is 0.167. The number of nitrogens with one attached hydrogen (secondary N) is 1. The van der Waals surface area contributed by atoms with E-state index in [1.807, 2.05) is 42.2 Å². The Labute approximate surface area is 144 Å². The number of benzene rings is 2. The van der Waals surface area contributed by atoms with Gasteiger partial charge in [-0.25, -0.2) is 8.78 Å². The van der Waals surface area contributed by atoms with Crippen LogP contribution in [-0.4, -0.2) is 21.7 Å². The molecule has 0 saturated heterocycles. The first-order chi connectivity index (χ1) is 12.2. The van der Waals surface area contributed by atoms with Crippen molar-refractivity contribution in [3.63, 3.8) is 0 Å². The van der Waals surface area contributed by atoms with Gasteiger partial charge in [0.05, 0.1) is 6.20 Å². The van der Waals surface area contributed by atoms with Gasteiger partial charge < -0.3 is 10.2 Å². The summed E-state index contributed by atoms with van der Waals surface area (Å²) in [5, 5.41) is 10.7. The molecule has 0 amide bonds. The number of hydrogen-bond acceptors (Lipinski definition) is 5. The number of halogens is 2. The van der Waals surface area contributed by atoms with Gasteiger partial charge in [0.2, 0.25) is 5.95 Å². The van der Waals surface area contributed by atoms with E-state index in [0.29, 0.717) is 18.1 Å². The second-order valence-electron chi connectivity index (χ2n) is 5.39. The molecule has 25 heavy (non-hydrogen) atoms. The molecule has 1 aromatic heterocycles. The highest BCUT2D eigenvalue weighted by Crippen LogP contribution is 2.19. The number of rotatable bonds is 6. The minimum absolute atomic E-state index is 0.218. The van der Waals surface area contributed by atoms with Crippen LogP contribution in [0.15, 0.2) is 54.7 Å². The number of nitrogens with zero attached hydrogens (tertiary/aromatic N) is 4. The molecule has 3 rings (SSSR count). The van der Waals surface area contributed by atoms with E-state index in [1.54, 1.807) is 6.20 Å². The maximum atomic E-state index is 13.3. The van der Waals surface area contributed by atoms with Crippen molar-refractivity contribution in [2.24, 2.45) is 0 Å². The van der Waals surface area contributed by atoms with Crippen LogP contribution in [0.5, 0.6) is 0 Å². The lowest BCUT2D eigenvalue weighted by Gasteiger charge is -2.21. The molecule has 1 heterocycles. The highest BCUT2D eigenvalue weighted by atomic mass is 19.2. The highest BCUT2D eigenvalue weighted by molar-refractivity contribution is 5.54. The van der Waals surface area contributed by atoms with Gasteiger partial charge in [-0.05, 0) is 24.6 Å². The van der Waals surface area contributed by atoms with E-state index in [-0.39, 0.29) is 5.95 Å². The van der Waals surface area contributed by atoms with Gasteiger partial charge in [-0.3, -0.25) is 0 Å². The Morgan fingerprint density at radius 2 is 1.84 bits per heavy atom. The van der Waals surface area contributed by atoms with Gasteiger partial charge in [0.1, 0.15) is 0 Å². The van der Waals surface area contributed by atoms with Gasteiger partial charge in [-0.1, -0.05) is 30.3 Å². The number of hydrogen-bond donors (Lipinski definition) is 1. The first-order valence-electron chi connectivity index (χ1n) is 7.86. The van der Waals surface area contributed by atoms with Gasteiger partial charge in [0.25, 0.3) is 0 Å². The molecule has 0 fully saturated rings. The minimum atomic E-state index is -0.937. The largest absolute Gasteiger partial charge is 0.351 e. The van der Waals surface area contributed by atoms with E-state index in [1.165, 1.54) is 6.07 Å². The first-order valence-corrected chi connectivity index (χ1v) is 7.86. The Bertz CT molecular complexity index is 842. The van der Waals surface area contributed by atoms with Crippen LogP contribution in [0.2, 0.25) is 0 Å². The number of aromatic nitrogens is 3. The molecule has 2 aromatic carbocycles. The van der Waals surface area contributed by atoms with Crippen molar-refractivity contribution < 1.29 is 8.78 Å². The fourth-order valence-electron chi connectivity index (χ4n) is 2.36. The number of anilines is 3. The lowest BCUT2D eigenvalue weighted by atomic mass is 10.2. The van der Waals surface area contributed by atoms with Crippen LogP contribution in [0.4, 0.5) is 26.2 Å². The topological polar surface area (TPSA) is 53.9 Å². The predicted octanol–water partition coefficient (Wildman–Crippen LogP) is 3.92. The van der Waals surface area contributed by atoms with E-state index in [9.17, 15) is 8.78 Å². The molecule has 0 unspecified atom stereocenters. The second-order valence-corrected chi connectivity index (χ2v) is 5.39. The lowest BCUT2D eigenvalue weighted by molar-refractivity contribution is 0.509. The van der Waals surface area contributed by atoms with Gasteiger partial charge in [-0.15, -0.1) is 5.10 Å². The summed E-state index contributed by atoms with van der Waals surface area (Å²) in [5.41, 5.74) is 1.50. The monoisotopic (exact) mass is 341 g/mol. The molecule has 0 radical (unpaired) electrons. The quantitative estimate of drug-likeness (QED) is 0.736. The predicted molar refractivity (Wildman–Crippen MR) is 92.6 cm³/mol. The third-order valence-corrected chi connectivity index (χ3v) is 3.64. The summed E-state index contributed by atoms with van der Waals surface area (Å²) in [5.74, 6) is -0.979. The van der Waals surface area contributed by atoms with Crippen LogP contribution in [0.25, 0.3) is 0 Å². The van der Waals surface area contributed by atoms with Gasteiger partial charge >= 0.3 is 0 Å².